The molecule has 1 fully saturated rings. The van der Waals surface area contributed by atoms with Crippen LogP contribution >= 0.6 is 0 Å². The van der Waals surface area contributed by atoms with E-state index in [9.17, 15) is 4.79 Å². The molecule has 0 saturated carbocycles. The highest BCUT2D eigenvalue weighted by molar-refractivity contribution is 5.78. The van der Waals surface area contributed by atoms with Crippen molar-refractivity contribution >= 4 is 5.91 Å². The first-order valence-corrected chi connectivity index (χ1v) is 6.69. The van der Waals surface area contributed by atoms with E-state index in [1.165, 1.54) is 6.42 Å². The number of nitrogens with zero attached hydrogens (tertiary/aromatic N) is 2. The Labute approximate surface area is 108 Å². The van der Waals surface area contributed by atoms with Gasteiger partial charge in [-0.15, -0.1) is 0 Å². The van der Waals surface area contributed by atoms with Gasteiger partial charge in [0, 0.05) is 25.3 Å². The van der Waals surface area contributed by atoms with Crippen molar-refractivity contribution in [1.29, 1.82) is 0 Å². The maximum Gasteiger partial charge on any atom is 0.236 e. The molecule has 98 valence electrons. The summed E-state index contributed by atoms with van der Waals surface area (Å²) in [7, 11) is 0. The minimum Gasteiger partial charge on any atom is -0.342 e. The van der Waals surface area contributed by atoms with Crippen LogP contribution in [0.2, 0.25) is 0 Å². The van der Waals surface area contributed by atoms with Gasteiger partial charge >= 0.3 is 0 Å². The molecule has 1 aliphatic heterocycles. The summed E-state index contributed by atoms with van der Waals surface area (Å²) in [6.45, 7) is 4.26. The molecule has 2 heterocycles. The van der Waals surface area contributed by atoms with Gasteiger partial charge in [0.2, 0.25) is 5.91 Å². The number of carbonyl (C=O) groups is 1. The molecule has 0 unspecified atom stereocenters. The van der Waals surface area contributed by atoms with Crippen molar-refractivity contribution < 1.29 is 4.79 Å². The summed E-state index contributed by atoms with van der Waals surface area (Å²) in [6.07, 6.45) is 5.31. The maximum atomic E-state index is 12.0. The van der Waals surface area contributed by atoms with Gasteiger partial charge < -0.3 is 10.2 Å². The molecular formula is C14H21N3O. The molecule has 0 aliphatic carbocycles. The Kier molecular flexibility index (Phi) is 4.70. The minimum atomic E-state index is 0.111. The van der Waals surface area contributed by atoms with E-state index in [0.29, 0.717) is 6.54 Å². The number of hydrogen-bond donors (Lipinski definition) is 1. The van der Waals surface area contributed by atoms with Gasteiger partial charge in [-0.2, -0.15) is 0 Å². The second-order valence-electron chi connectivity index (χ2n) is 4.80. The second-order valence-corrected chi connectivity index (χ2v) is 4.80. The number of hydrogen-bond acceptors (Lipinski definition) is 3. The number of amides is 1. The summed E-state index contributed by atoms with van der Waals surface area (Å²) in [5.41, 5.74) is 0.976. The Morgan fingerprint density at radius 1 is 1.39 bits per heavy atom. The lowest BCUT2D eigenvalue weighted by Crippen LogP contribution is -2.41. The third-order valence-corrected chi connectivity index (χ3v) is 3.40. The Morgan fingerprint density at radius 2 is 2.17 bits per heavy atom. The van der Waals surface area contributed by atoms with Crippen LogP contribution in [0, 0.1) is 0 Å². The van der Waals surface area contributed by atoms with Crippen LogP contribution in [0.1, 0.15) is 37.9 Å². The number of pyridine rings is 1. The van der Waals surface area contributed by atoms with Crippen molar-refractivity contribution in [1.82, 2.24) is 15.2 Å². The lowest BCUT2D eigenvalue weighted by atomic mass is 10.1. The van der Waals surface area contributed by atoms with E-state index in [0.717, 1.165) is 31.6 Å². The molecule has 1 aromatic rings. The number of likely N-dealkylation sites (tertiary alicyclic amines) is 1. The van der Waals surface area contributed by atoms with Gasteiger partial charge in [-0.05, 0) is 38.3 Å². The summed E-state index contributed by atoms with van der Waals surface area (Å²) in [4.78, 5) is 18.2. The Morgan fingerprint density at radius 3 is 2.83 bits per heavy atom. The molecular weight excluding hydrogens is 226 g/mol. The van der Waals surface area contributed by atoms with Crippen LogP contribution < -0.4 is 5.32 Å². The Bertz CT molecular complexity index is 374. The molecule has 18 heavy (non-hydrogen) atoms. The summed E-state index contributed by atoms with van der Waals surface area (Å²) in [6, 6.07) is 5.95. The number of aromatic nitrogens is 1. The molecule has 1 aliphatic rings. The van der Waals surface area contributed by atoms with Crippen molar-refractivity contribution in [2.24, 2.45) is 0 Å². The third-order valence-electron chi connectivity index (χ3n) is 3.40. The van der Waals surface area contributed by atoms with E-state index in [2.05, 4.69) is 10.3 Å². The van der Waals surface area contributed by atoms with Crippen molar-refractivity contribution in [3.05, 3.63) is 30.1 Å². The molecule has 2 rings (SSSR count). The number of rotatable bonds is 4. The van der Waals surface area contributed by atoms with Crippen molar-refractivity contribution in [3.8, 4) is 0 Å². The standard InChI is InChI=1S/C14H21N3O/c1-12(13-7-3-4-8-15-13)16-11-14(18)17-9-5-2-6-10-17/h3-4,7-8,12,16H,2,5-6,9-11H2,1H3/t12-/m0/s1. The van der Waals surface area contributed by atoms with Gasteiger partial charge in [0.1, 0.15) is 0 Å². The first-order chi connectivity index (χ1) is 8.77. The van der Waals surface area contributed by atoms with Crippen LogP contribution in [0.4, 0.5) is 0 Å². The van der Waals surface area contributed by atoms with Crippen molar-refractivity contribution in [2.45, 2.75) is 32.2 Å². The molecule has 0 spiro atoms. The molecule has 1 atom stereocenters. The molecule has 1 aromatic heterocycles. The van der Waals surface area contributed by atoms with E-state index in [-0.39, 0.29) is 11.9 Å². The van der Waals surface area contributed by atoms with Gasteiger partial charge in [-0.1, -0.05) is 6.07 Å². The zero-order valence-corrected chi connectivity index (χ0v) is 10.9. The lowest BCUT2D eigenvalue weighted by Gasteiger charge is -2.27. The van der Waals surface area contributed by atoms with Crippen LogP contribution in [0.15, 0.2) is 24.4 Å². The highest BCUT2D eigenvalue weighted by Gasteiger charge is 2.17. The van der Waals surface area contributed by atoms with Crippen LogP contribution in [-0.4, -0.2) is 35.4 Å². The minimum absolute atomic E-state index is 0.111. The SMILES string of the molecule is C[C@H](NCC(=O)N1CCCCC1)c1ccccn1. The molecule has 4 heteroatoms. The summed E-state index contributed by atoms with van der Waals surface area (Å²) < 4.78 is 0. The number of carbonyl (C=O) groups excluding carboxylic acids is 1. The zero-order valence-electron chi connectivity index (χ0n) is 10.9. The fraction of sp³-hybridized carbons (Fsp3) is 0.571. The summed E-state index contributed by atoms with van der Waals surface area (Å²) >= 11 is 0. The average Bonchev–Trinajstić information content (AvgIpc) is 2.46. The predicted molar refractivity (Wildman–Crippen MR) is 71.1 cm³/mol. The molecule has 0 bridgehead atoms. The van der Waals surface area contributed by atoms with Gasteiger partial charge in [0.05, 0.1) is 12.2 Å². The van der Waals surface area contributed by atoms with Crippen molar-refractivity contribution in [3.63, 3.8) is 0 Å². The molecule has 1 amide bonds. The number of piperidine rings is 1. The predicted octanol–water partition coefficient (Wildman–Crippen LogP) is 1.74. The van der Waals surface area contributed by atoms with E-state index in [1.54, 1.807) is 6.20 Å². The monoisotopic (exact) mass is 247 g/mol. The van der Waals surface area contributed by atoms with Crippen LogP contribution in [0.25, 0.3) is 0 Å². The third kappa shape index (κ3) is 3.53. The van der Waals surface area contributed by atoms with E-state index >= 15 is 0 Å². The molecule has 1 N–H and O–H groups in total. The lowest BCUT2D eigenvalue weighted by molar-refractivity contribution is -0.131. The highest BCUT2D eigenvalue weighted by atomic mass is 16.2. The van der Waals surface area contributed by atoms with Gasteiger partial charge in [0.25, 0.3) is 0 Å². The van der Waals surface area contributed by atoms with E-state index < -0.39 is 0 Å². The van der Waals surface area contributed by atoms with E-state index in [1.807, 2.05) is 30.0 Å². The Hall–Kier alpha value is -1.42. The van der Waals surface area contributed by atoms with Crippen LogP contribution in [0.5, 0.6) is 0 Å². The van der Waals surface area contributed by atoms with E-state index in [4.69, 9.17) is 0 Å². The summed E-state index contributed by atoms with van der Waals surface area (Å²) in [5, 5.41) is 3.24. The highest BCUT2D eigenvalue weighted by Crippen LogP contribution is 2.10. The fourth-order valence-corrected chi connectivity index (χ4v) is 2.23. The number of nitrogens with one attached hydrogen (secondary N) is 1. The first-order valence-electron chi connectivity index (χ1n) is 6.69. The van der Waals surface area contributed by atoms with Gasteiger partial charge in [0.15, 0.2) is 0 Å². The Balaban J connectivity index is 1.78. The van der Waals surface area contributed by atoms with Crippen LogP contribution in [0.3, 0.4) is 0 Å². The van der Waals surface area contributed by atoms with Gasteiger partial charge in [-0.25, -0.2) is 0 Å². The maximum absolute atomic E-state index is 12.0. The quantitative estimate of drug-likeness (QED) is 0.881. The summed E-state index contributed by atoms with van der Waals surface area (Å²) in [5.74, 6) is 0.206. The smallest absolute Gasteiger partial charge is 0.236 e. The normalized spacial score (nSPS) is 17.5. The molecule has 4 nitrogen and oxygen atoms in total. The molecule has 0 aromatic carbocycles. The average molecular weight is 247 g/mol. The fourth-order valence-electron chi connectivity index (χ4n) is 2.23. The topological polar surface area (TPSA) is 45.2 Å². The largest absolute Gasteiger partial charge is 0.342 e. The molecule has 1 saturated heterocycles. The first kappa shape index (κ1) is 13.0. The van der Waals surface area contributed by atoms with Crippen molar-refractivity contribution in [2.75, 3.05) is 19.6 Å². The van der Waals surface area contributed by atoms with Gasteiger partial charge in [-0.3, -0.25) is 9.78 Å². The zero-order chi connectivity index (χ0) is 12.8. The second kappa shape index (κ2) is 6.50. The molecule has 0 radical (unpaired) electrons. The van der Waals surface area contributed by atoms with Crippen LogP contribution in [-0.2, 0) is 4.79 Å².